The maximum absolute atomic E-state index is 13.6. The lowest BCUT2D eigenvalue weighted by Gasteiger charge is -2.30. The molecule has 3 aromatic carbocycles. The molecule has 6 nitrogen and oxygen atoms in total. The van der Waals surface area contributed by atoms with Gasteiger partial charge in [-0.15, -0.1) is 5.10 Å². The van der Waals surface area contributed by atoms with Gasteiger partial charge < -0.3 is 5.32 Å². The molecular weight excluding hydrogens is 528 g/mol. The number of aryl methyl sites for hydroxylation is 2. The third kappa shape index (κ3) is 6.49. The maximum Gasteiger partial charge on any atom is 0.230 e. The first kappa shape index (κ1) is 26.9. The second-order valence-electron chi connectivity index (χ2n) is 9.78. The molecule has 0 spiro atoms. The summed E-state index contributed by atoms with van der Waals surface area (Å²) in [6, 6.07) is 23.7. The van der Waals surface area contributed by atoms with Crippen molar-refractivity contribution in [2.75, 3.05) is 5.75 Å². The summed E-state index contributed by atoms with van der Waals surface area (Å²) in [5, 5.41) is 11.3. The number of aromatic amines is 1. The van der Waals surface area contributed by atoms with E-state index < -0.39 is 5.92 Å². The average molecular weight is 557 g/mol. The maximum atomic E-state index is 13.6. The Labute approximate surface area is 237 Å². The van der Waals surface area contributed by atoms with E-state index in [1.165, 1.54) is 17.3 Å². The molecule has 0 bridgehead atoms. The molecule has 8 heteroatoms. The van der Waals surface area contributed by atoms with E-state index >= 15 is 0 Å². The van der Waals surface area contributed by atoms with Crippen LogP contribution in [0.5, 0.6) is 0 Å². The van der Waals surface area contributed by atoms with Gasteiger partial charge in [-0.1, -0.05) is 89.6 Å². The van der Waals surface area contributed by atoms with Gasteiger partial charge in [-0.05, 0) is 66.3 Å². The second kappa shape index (κ2) is 12.0. The Morgan fingerprint density at radius 1 is 1.08 bits per heavy atom. The minimum absolute atomic E-state index is 0.0236. The summed E-state index contributed by atoms with van der Waals surface area (Å²) in [7, 11) is 0. The molecule has 0 saturated carbocycles. The number of nitrogens with one attached hydrogen (secondary N) is 2. The standard InChI is InChI=1S/C31H29ClN4O2S/c1-19-8-13-25(20(2)14-19)23-15-26(22-9-11-24(32)12-10-22)29(27(37)16-23)30-34-31(36-35-30)39-18-28(38)33-17-21-6-4-3-5-7-21/h3-14,16,26,29H,15,17-18H2,1-2H3,(H,33,38)(H,34,35,36). The number of hydrogen-bond donors (Lipinski definition) is 2. The number of allylic oxidation sites excluding steroid dienone is 2. The SMILES string of the molecule is Cc1ccc(C2=CC(=O)C(c3nc(SCC(=O)NCc4ccccc4)n[nH]3)C(c3ccc(Cl)cc3)C2)c(C)c1. The molecule has 0 radical (unpaired) electrons. The molecule has 1 aromatic heterocycles. The van der Waals surface area contributed by atoms with Crippen molar-refractivity contribution in [1.29, 1.82) is 0 Å². The van der Waals surface area contributed by atoms with Crippen LogP contribution in [0.3, 0.4) is 0 Å². The van der Waals surface area contributed by atoms with Crippen LogP contribution in [0.2, 0.25) is 5.02 Å². The van der Waals surface area contributed by atoms with Gasteiger partial charge in [0.05, 0.1) is 11.7 Å². The summed E-state index contributed by atoms with van der Waals surface area (Å²) in [5.41, 5.74) is 6.48. The van der Waals surface area contributed by atoms with Crippen molar-refractivity contribution in [2.45, 2.75) is 43.8 Å². The topological polar surface area (TPSA) is 87.7 Å². The van der Waals surface area contributed by atoms with Crippen molar-refractivity contribution in [3.05, 3.63) is 118 Å². The van der Waals surface area contributed by atoms with Gasteiger partial charge >= 0.3 is 0 Å². The van der Waals surface area contributed by atoms with E-state index in [2.05, 4.69) is 52.5 Å². The van der Waals surface area contributed by atoms with E-state index in [0.29, 0.717) is 29.0 Å². The van der Waals surface area contributed by atoms with Crippen LogP contribution in [-0.2, 0) is 16.1 Å². The minimum atomic E-state index is -0.519. The molecule has 1 aliphatic rings. The number of benzene rings is 3. The van der Waals surface area contributed by atoms with Crippen LogP contribution in [0.1, 0.15) is 51.9 Å². The number of aromatic nitrogens is 3. The zero-order chi connectivity index (χ0) is 27.4. The van der Waals surface area contributed by atoms with Crippen LogP contribution >= 0.6 is 23.4 Å². The van der Waals surface area contributed by atoms with E-state index in [9.17, 15) is 9.59 Å². The van der Waals surface area contributed by atoms with Crippen LogP contribution in [-0.4, -0.2) is 32.6 Å². The van der Waals surface area contributed by atoms with Crippen LogP contribution in [0.4, 0.5) is 0 Å². The van der Waals surface area contributed by atoms with Crippen molar-refractivity contribution in [1.82, 2.24) is 20.5 Å². The van der Waals surface area contributed by atoms with Crippen molar-refractivity contribution in [3.8, 4) is 0 Å². The van der Waals surface area contributed by atoms with E-state index in [0.717, 1.165) is 27.8 Å². The highest BCUT2D eigenvalue weighted by atomic mass is 35.5. The second-order valence-corrected chi connectivity index (χ2v) is 11.2. The van der Waals surface area contributed by atoms with E-state index in [1.54, 1.807) is 6.08 Å². The van der Waals surface area contributed by atoms with Crippen molar-refractivity contribution >= 4 is 40.6 Å². The summed E-state index contributed by atoms with van der Waals surface area (Å²) >= 11 is 7.41. The summed E-state index contributed by atoms with van der Waals surface area (Å²) in [6.07, 6.45) is 2.42. The lowest BCUT2D eigenvalue weighted by atomic mass is 9.73. The van der Waals surface area contributed by atoms with Crippen LogP contribution < -0.4 is 5.32 Å². The molecule has 198 valence electrons. The number of carbonyl (C=O) groups is 2. The fourth-order valence-corrected chi connectivity index (χ4v) is 5.78. The third-order valence-corrected chi connectivity index (χ3v) is 8.03. The molecule has 2 atom stereocenters. The normalized spacial score (nSPS) is 17.1. The van der Waals surface area contributed by atoms with E-state index in [4.69, 9.17) is 11.6 Å². The van der Waals surface area contributed by atoms with Crippen LogP contribution in [0.15, 0.2) is 84.0 Å². The number of carbonyl (C=O) groups excluding carboxylic acids is 2. The van der Waals surface area contributed by atoms with Crippen molar-refractivity contribution < 1.29 is 9.59 Å². The fourth-order valence-electron chi connectivity index (χ4n) is 5.02. The molecule has 2 N–H and O–H groups in total. The molecule has 0 saturated heterocycles. The Kier molecular flexibility index (Phi) is 8.29. The molecule has 1 aliphatic carbocycles. The Hall–Kier alpha value is -3.68. The first-order valence-electron chi connectivity index (χ1n) is 12.8. The first-order chi connectivity index (χ1) is 18.9. The zero-order valence-corrected chi connectivity index (χ0v) is 23.4. The number of rotatable bonds is 8. The van der Waals surface area contributed by atoms with Gasteiger partial charge in [0.25, 0.3) is 0 Å². The number of halogens is 1. The molecule has 1 heterocycles. The van der Waals surface area contributed by atoms with Gasteiger partial charge in [0.2, 0.25) is 11.1 Å². The highest BCUT2D eigenvalue weighted by molar-refractivity contribution is 7.99. The summed E-state index contributed by atoms with van der Waals surface area (Å²) < 4.78 is 0. The number of amides is 1. The average Bonchev–Trinajstić information content (AvgIpc) is 3.40. The smallest absolute Gasteiger partial charge is 0.230 e. The monoisotopic (exact) mass is 556 g/mol. The lowest BCUT2D eigenvalue weighted by molar-refractivity contribution is -0.119. The number of nitrogens with zero attached hydrogens (tertiary/aromatic N) is 2. The summed E-state index contributed by atoms with van der Waals surface area (Å²) in [6.45, 7) is 4.61. The highest BCUT2D eigenvalue weighted by Crippen LogP contribution is 2.44. The van der Waals surface area contributed by atoms with Gasteiger partial charge in [0.15, 0.2) is 5.78 Å². The Morgan fingerprint density at radius 2 is 1.85 bits per heavy atom. The lowest BCUT2D eigenvalue weighted by Crippen LogP contribution is -2.25. The summed E-state index contributed by atoms with van der Waals surface area (Å²) in [5.74, 6) is -0.110. The number of ketones is 1. The molecule has 1 amide bonds. The molecule has 4 aromatic rings. The molecular formula is C31H29ClN4O2S. The van der Waals surface area contributed by atoms with E-state index in [1.807, 2.05) is 54.6 Å². The van der Waals surface area contributed by atoms with Crippen LogP contribution in [0, 0.1) is 13.8 Å². The quantitative estimate of drug-likeness (QED) is 0.245. The van der Waals surface area contributed by atoms with Crippen molar-refractivity contribution in [2.24, 2.45) is 0 Å². The molecule has 2 unspecified atom stereocenters. The van der Waals surface area contributed by atoms with E-state index in [-0.39, 0.29) is 23.4 Å². The zero-order valence-electron chi connectivity index (χ0n) is 21.8. The predicted octanol–water partition coefficient (Wildman–Crippen LogP) is 6.41. The van der Waals surface area contributed by atoms with Gasteiger partial charge in [0, 0.05) is 17.5 Å². The number of thioether (sulfide) groups is 1. The fraction of sp³-hybridized carbons (Fsp3) is 0.226. The molecule has 5 rings (SSSR count). The van der Waals surface area contributed by atoms with Crippen LogP contribution in [0.25, 0.3) is 5.57 Å². The minimum Gasteiger partial charge on any atom is -0.351 e. The first-order valence-corrected chi connectivity index (χ1v) is 14.2. The van der Waals surface area contributed by atoms with Crippen molar-refractivity contribution in [3.63, 3.8) is 0 Å². The Morgan fingerprint density at radius 3 is 2.59 bits per heavy atom. The van der Waals surface area contributed by atoms with Gasteiger partial charge in [-0.3, -0.25) is 14.7 Å². The molecule has 39 heavy (non-hydrogen) atoms. The van der Waals surface area contributed by atoms with Gasteiger partial charge in [-0.25, -0.2) is 4.98 Å². The van der Waals surface area contributed by atoms with Gasteiger partial charge in [0.1, 0.15) is 5.82 Å². The number of hydrogen-bond acceptors (Lipinski definition) is 5. The molecule has 0 aliphatic heterocycles. The van der Waals surface area contributed by atoms with Gasteiger partial charge in [-0.2, -0.15) is 0 Å². The number of H-pyrrole nitrogens is 1. The third-order valence-electron chi connectivity index (χ3n) is 6.93. The highest BCUT2D eigenvalue weighted by Gasteiger charge is 2.37. The Balaban J connectivity index is 1.35. The largest absolute Gasteiger partial charge is 0.351 e. The molecule has 0 fully saturated rings. The Bertz CT molecular complexity index is 1520. The predicted molar refractivity (Wildman–Crippen MR) is 156 cm³/mol. The summed E-state index contributed by atoms with van der Waals surface area (Å²) in [4.78, 5) is 30.6.